The van der Waals surface area contributed by atoms with Crippen LogP contribution in [0, 0.1) is 5.41 Å². The second-order valence-corrected chi connectivity index (χ2v) is 6.13. The quantitative estimate of drug-likeness (QED) is 0.858. The van der Waals surface area contributed by atoms with Gasteiger partial charge in [0, 0.05) is 29.5 Å². The number of carbonyl (C=O) groups excluding carboxylic acids is 1. The van der Waals surface area contributed by atoms with Crippen molar-refractivity contribution in [2.75, 3.05) is 12.9 Å². The Morgan fingerprint density at radius 1 is 1.50 bits per heavy atom. The van der Waals surface area contributed by atoms with Crippen LogP contribution in [0.5, 0.6) is 5.75 Å². The summed E-state index contributed by atoms with van der Waals surface area (Å²) in [6.07, 6.45) is 0. The number of amides is 1. The number of halogens is 2. The Hall–Kier alpha value is -0.740. The van der Waals surface area contributed by atoms with E-state index < -0.39 is 5.41 Å². The summed E-state index contributed by atoms with van der Waals surface area (Å²) in [7, 11) is 1.71. The topological polar surface area (TPSA) is 40.5 Å². The lowest BCUT2D eigenvalue weighted by atomic mass is 9.94. The van der Waals surface area contributed by atoms with E-state index in [1.807, 2.05) is 0 Å². The lowest BCUT2D eigenvalue weighted by Gasteiger charge is -2.27. The third kappa shape index (κ3) is 3.62. The fraction of sp³-hybridized carbons (Fsp3) is 0.462. The highest BCUT2D eigenvalue weighted by molar-refractivity contribution is 9.10. The molecule has 5 heteroatoms. The van der Waals surface area contributed by atoms with Crippen LogP contribution >= 0.6 is 27.5 Å². The molecule has 0 fully saturated rings. The molecular formula is C13H17BrClNO2. The minimum Gasteiger partial charge on any atom is -0.508 e. The first-order valence-corrected chi connectivity index (χ1v) is 6.89. The zero-order valence-corrected chi connectivity index (χ0v) is 13.0. The molecule has 0 aliphatic rings. The van der Waals surface area contributed by atoms with Gasteiger partial charge in [0.25, 0.3) is 0 Å². The van der Waals surface area contributed by atoms with Gasteiger partial charge in [-0.05, 0) is 32.0 Å². The van der Waals surface area contributed by atoms with Crippen LogP contribution in [0.25, 0.3) is 0 Å². The van der Waals surface area contributed by atoms with Crippen molar-refractivity contribution in [1.29, 1.82) is 0 Å². The maximum atomic E-state index is 12.1. The molecular weight excluding hydrogens is 318 g/mol. The van der Waals surface area contributed by atoms with Crippen LogP contribution < -0.4 is 0 Å². The molecule has 18 heavy (non-hydrogen) atoms. The predicted octanol–water partition coefficient (Wildman–Crippen LogP) is 3.38. The number of benzene rings is 1. The Kier molecular flexibility index (Phi) is 5.05. The molecule has 0 aliphatic carbocycles. The summed E-state index contributed by atoms with van der Waals surface area (Å²) < 4.78 is 0.868. The smallest absolute Gasteiger partial charge is 0.229 e. The minimum absolute atomic E-state index is 0.0446. The van der Waals surface area contributed by atoms with Gasteiger partial charge >= 0.3 is 0 Å². The van der Waals surface area contributed by atoms with Gasteiger partial charge < -0.3 is 10.0 Å². The fourth-order valence-corrected chi connectivity index (χ4v) is 2.10. The molecule has 0 heterocycles. The number of hydrogen-bond acceptors (Lipinski definition) is 2. The lowest BCUT2D eigenvalue weighted by Crippen LogP contribution is -2.39. The zero-order chi connectivity index (χ0) is 13.9. The first-order valence-electron chi connectivity index (χ1n) is 5.57. The molecule has 0 saturated carbocycles. The van der Waals surface area contributed by atoms with Gasteiger partial charge in [0.15, 0.2) is 0 Å². The number of phenols is 1. The van der Waals surface area contributed by atoms with E-state index in [2.05, 4.69) is 15.9 Å². The summed E-state index contributed by atoms with van der Waals surface area (Å²) in [4.78, 5) is 13.7. The van der Waals surface area contributed by atoms with E-state index in [0.717, 1.165) is 4.47 Å². The number of nitrogens with zero attached hydrogens (tertiary/aromatic N) is 1. The van der Waals surface area contributed by atoms with Crippen LogP contribution in [-0.2, 0) is 11.3 Å². The normalized spacial score (nSPS) is 11.4. The molecule has 0 spiro atoms. The molecule has 0 radical (unpaired) electrons. The Bertz CT molecular complexity index is 449. The van der Waals surface area contributed by atoms with Crippen LogP contribution in [-0.4, -0.2) is 28.8 Å². The minimum atomic E-state index is -0.599. The highest BCUT2D eigenvalue weighted by Gasteiger charge is 2.29. The summed E-state index contributed by atoms with van der Waals surface area (Å²) in [6.45, 7) is 3.96. The third-order valence-electron chi connectivity index (χ3n) is 2.71. The summed E-state index contributed by atoms with van der Waals surface area (Å²) in [5.41, 5.74) is 0.100. The van der Waals surface area contributed by atoms with Gasteiger partial charge in [-0.15, -0.1) is 11.6 Å². The van der Waals surface area contributed by atoms with Gasteiger partial charge in [0.05, 0.1) is 5.41 Å². The van der Waals surface area contributed by atoms with Crippen molar-refractivity contribution < 1.29 is 9.90 Å². The van der Waals surface area contributed by atoms with Crippen LogP contribution in [0.3, 0.4) is 0 Å². The molecule has 1 rings (SSSR count). The maximum Gasteiger partial charge on any atom is 0.229 e. The van der Waals surface area contributed by atoms with Crippen LogP contribution in [0.1, 0.15) is 19.4 Å². The monoisotopic (exact) mass is 333 g/mol. The van der Waals surface area contributed by atoms with E-state index in [-0.39, 0.29) is 17.5 Å². The fourth-order valence-electron chi connectivity index (χ4n) is 1.58. The highest BCUT2D eigenvalue weighted by Crippen LogP contribution is 2.25. The highest BCUT2D eigenvalue weighted by atomic mass is 79.9. The van der Waals surface area contributed by atoms with Crippen molar-refractivity contribution >= 4 is 33.4 Å². The molecule has 0 aromatic heterocycles. The predicted molar refractivity (Wildman–Crippen MR) is 76.8 cm³/mol. The van der Waals surface area contributed by atoms with Crippen LogP contribution in [0.15, 0.2) is 22.7 Å². The molecule has 1 N–H and O–H groups in total. The molecule has 100 valence electrons. The average Bonchev–Trinajstić information content (AvgIpc) is 2.32. The molecule has 1 amide bonds. The Balaban J connectivity index is 2.85. The summed E-state index contributed by atoms with van der Waals surface area (Å²) in [5, 5.41) is 9.74. The van der Waals surface area contributed by atoms with E-state index >= 15 is 0 Å². The van der Waals surface area contributed by atoms with E-state index in [1.54, 1.807) is 44.0 Å². The molecule has 0 unspecified atom stereocenters. The lowest BCUT2D eigenvalue weighted by molar-refractivity contribution is -0.138. The number of phenolic OH excluding ortho intramolecular Hbond substituents is 1. The molecule has 0 bridgehead atoms. The number of alkyl halides is 1. The van der Waals surface area contributed by atoms with Gasteiger partial charge in [0.2, 0.25) is 5.91 Å². The molecule has 0 aliphatic heterocycles. The molecule has 1 aromatic rings. The van der Waals surface area contributed by atoms with Crippen LogP contribution in [0.4, 0.5) is 0 Å². The molecule has 3 nitrogen and oxygen atoms in total. The number of aromatic hydroxyl groups is 1. The molecule has 0 atom stereocenters. The number of rotatable bonds is 4. The van der Waals surface area contributed by atoms with Gasteiger partial charge in [-0.1, -0.05) is 15.9 Å². The first-order chi connectivity index (χ1) is 8.27. The number of carbonyl (C=O) groups is 1. The first kappa shape index (κ1) is 15.3. The van der Waals surface area contributed by atoms with Crippen LogP contribution in [0.2, 0.25) is 0 Å². The van der Waals surface area contributed by atoms with Gasteiger partial charge in [-0.2, -0.15) is 0 Å². The van der Waals surface area contributed by atoms with Crippen molar-refractivity contribution in [3.63, 3.8) is 0 Å². The molecule has 0 saturated heterocycles. The van der Waals surface area contributed by atoms with E-state index in [0.29, 0.717) is 12.1 Å². The van der Waals surface area contributed by atoms with E-state index in [4.69, 9.17) is 11.6 Å². The zero-order valence-electron chi connectivity index (χ0n) is 10.7. The SMILES string of the molecule is CN(Cc1cc(Br)ccc1O)C(=O)C(C)(C)CCl. The van der Waals surface area contributed by atoms with Crippen molar-refractivity contribution in [2.24, 2.45) is 5.41 Å². The standard InChI is InChI=1S/C13H17BrClNO2/c1-13(2,8-15)12(18)16(3)7-9-6-10(14)4-5-11(9)17/h4-6,17H,7-8H2,1-3H3. The third-order valence-corrected chi connectivity index (χ3v) is 3.87. The summed E-state index contributed by atoms with van der Waals surface area (Å²) >= 11 is 9.13. The van der Waals surface area contributed by atoms with Gasteiger partial charge in [-0.25, -0.2) is 0 Å². The number of hydrogen-bond donors (Lipinski definition) is 1. The van der Waals surface area contributed by atoms with Gasteiger partial charge in [0.1, 0.15) is 5.75 Å². The van der Waals surface area contributed by atoms with Gasteiger partial charge in [-0.3, -0.25) is 4.79 Å². The van der Waals surface area contributed by atoms with Crippen molar-refractivity contribution in [2.45, 2.75) is 20.4 Å². The van der Waals surface area contributed by atoms with E-state index in [1.165, 1.54) is 0 Å². The van der Waals surface area contributed by atoms with E-state index in [9.17, 15) is 9.90 Å². The van der Waals surface area contributed by atoms with Crippen molar-refractivity contribution in [1.82, 2.24) is 4.90 Å². The Morgan fingerprint density at radius 3 is 2.67 bits per heavy atom. The second-order valence-electron chi connectivity index (χ2n) is 4.95. The largest absolute Gasteiger partial charge is 0.508 e. The van der Waals surface area contributed by atoms with Crippen molar-refractivity contribution in [3.05, 3.63) is 28.2 Å². The summed E-state index contributed by atoms with van der Waals surface area (Å²) in [5.74, 6) is 0.402. The second kappa shape index (κ2) is 5.93. The Labute approximate surface area is 121 Å². The molecule has 1 aromatic carbocycles. The average molecular weight is 335 g/mol. The Morgan fingerprint density at radius 2 is 2.11 bits per heavy atom. The maximum absolute atomic E-state index is 12.1. The summed E-state index contributed by atoms with van der Waals surface area (Å²) in [6, 6.07) is 5.15. The van der Waals surface area contributed by atoms with Crippen molar-refractivity contribution in [3.8, 4) is 5.75 Å².